The summed E-state index contributed by atoms with van der Waals surface area (Å²) in [4.78, 5) is 38.2. The molecule has 0 N–H and O–H groups in total. The predicted molar refractivity (Wildman–Crippen MR) is 312 cm³/mol. The van der Waals surface area contributed by atoms with Crippen molar-refractivity contribution in [2.45, 2.75) is 354 Å². The van der Waals surface area contributed by atoms with Crippen LogP contribution in [0.1, 0.15) is 348 Å². The van der Waals surface area contributed by atoms with Gasteiger partial charge in [-0.25, -0.2) is 0 Å². The molecule has 0 aromatic heterocycles. The van der Waals surface area contributed by atoms with Crippen molar-refractivity contribution in [3.05, 3.63) is 36.5 Å². The van der Waals surface area contributed by atoms with Crippen LogP contribution in [0.5, 0.6) is 0 Å². The Labute approximate surface area is 448 Å². The van der Waals surface area contributed by atoms with Gasteiger partial charge in [0.1, 0.15) is 13.2 Å². The second-order valence-electron chi connectivity index (χ2n) is 21.7. The van der Waals surface area contributed by atoms with Crippen LogP contribution in [0.2, 0.25) is 0 Å². The third-order valence-electron chi connectivity index (χ3n) is 14.4. The molecule has 6 heteroatoms. The van der Waals surface area contributed by atoms with E-state index in [2.05, 4.69) is 57.2 Å². The predicted octanol–water partition coefficient (Wildman–Crippen LogP) is 21.6. The van der Waals surface area contributed by atoms with E-state index in [1.54, 1.807) is 0 Å². The summed E-state index contributed by atoms with van der Waals surface area (Å²) in [5, 5.41) is 0. The number of hydrogen-bond donors (Lipinski definition) is 0. The lowest BCUT2D eigenvalue weighted by molar-refractivity contribution is -0.167. The van der Waals surface area contributed by atoms with Gasteiger partial charge in [-0.05, 0) is 57.8 Å². The van der Waals surface area contributed by atoms with E-state index in [0.717, 1.165) is 70.6 Å². The fraction of sp³-hybridized carbons (Fsp3) is 0.864. The van der Waals surface area contributed by atoms with Crippen molar-refractivity contribution in [1.29, 1.82) is 0 Å². The molecule has 1 atom stereocenters. The fourth-order valence-corrected chi connectivity index (χ4v) is 9.57. The summed E-state index contributed by atoms with van der Waals surface area (Å²) in [6, 6.07) is 0. The Bertz CT molecular complexity index is 1210. The first-order chi connectivity index (χ1) is 35.5. The Morgan fingerprint density at radius 1 is 0.278 bits per heavy atom. The summed E-state index contributed by atoms with van der Waals surface area (Å²) < 4.78 is 16.9. The Kier molecular flexibility index (Phi) is 59.2. The van der Waals surface area contributed by atoms with Crippen molar-refractivity contribution in [2.75, 3.05) is 13.2 Å². The van der Waals surface area contributed by atoms with E-state index in [4.69, 9.17) is 14.2 Å². The maximum atomic E-state index is 12.9. The van der Waals surface area contributed by atoms with E-state index in [-0.39, 0.29) is 31.1 Å². The van der Waals surface area contributed by atoms with Crippen LogP contribution in [0.4, 0.5) is 0 Å². The summed E-state index contributed by atoms with van der Waals surface area (Å²) in [6.45, 7) is 6.68. The number of unbranched alkanes of at least 4 members (excludes halogenated alkanes) is 42. The van der Waals surface area contributed by atoms with Gasteiger partial charge in [-0.15, -0.1) is 0 Å². The molecule has 0 saturated heterocycles. The lowest BCUT2D eigenvalue weighted by Gasteiger charge is -2.18. The van der Waals surface area contributed by atoms with E-state index < -0.39 is 6.10 Å². The quantitative estimate of drug-likeness (QED) is 0.0261. The average Bonchev–Trinajstić information content (AvgIpc) is 3.38. The highest BCUT2D eigenvalue weighted by molar-refractivity contribution is 5.71. The number of esters is 3. The minimum absolute atomic E-state index is 0.0666. The van der Waals surface area contributed by atoms with Crippen LogP contribution < -0.4 is 0 Å². The van der Waals surface area contributed by atoms with Crippen molar-refractivity contribution in [3.63, 3.8) is 0 Å². The third-order valence-corrected chi connectivity index (χ3v) is 14.4. The lowest BCUT2D eigenvalue weighted by atomic mass is 10.0. The maximum Gasteiger partial charge on any atom is 0.306 e. The average molecular weight is 1010 g/mol. The van der Waals surface area contributed by atoms with Crippen LogP contribution in [-0.2, 0) is 28.6 Å². The third kappa shape index (κ3) is 58.5. The van der Waals surface area contributed by atoms with Gasteiger partial charge in [0.15, 0.2) is 6.10 Å². The molecule has 1 unspecified atom stereocenters. The van der Waals surface area contributed by atoms with E-state index in [9.17, 15) is 14.4 Å². The Hall–Kier alpha value is -2.37. The van der Waals surface area contributed by atoms with Gasteiger partial charge in [0.2, 0.25) is 0 Å². The first-order valence-corrected chi connectivity index (χ1v) is 32.0. The van der Waals surface area contributed by atoms with Crippen LogP contribution in [0.25, 0.3) is 0 Å². The highest BCUT2D eigenvalue weighted by Gasteiger charge is 2.19. The zero-order valence-electron chi connectivity index (χ0n) is 48.5. The molecular formula is C66H122O6. The van der Waals surface area contributed by atoms with Crippen molar-refractivity contribution in [3.8, 4) is 0 Å². The first-order valence-electron chi connectivity index (χ1n) is 32.0. The van der Waals surface area contributed by atoms with Gasteiger partial charge in [0, 0.05) is 19.3 Å². The van der Waals surface area contributed by atoms with Crippen LogP contribution in [0, 0.1) is 0 Å². The smallest absolute Gasteiger partial charge is 0.306 e. The highest BCUT2D eigenvalue weighted by Crippen LogP contribution is 2.17. The molecule has 0 bridgehead atoms. The van der Waals surface area contributed by atoms with Crippen LogP contribution >= 0.6 is 0 Å². The van der Waals surface area contributed by atoms with Gasteiger partial charge in [-0.2, -0.15) is 0 Å². The van der Waals surface area contributed by atoms with Gasteiger partial charge in [0.25, 0.3) is 0 Å². The van der Waals surface area contributed by atoms with Gasteiger partial charge >= 0.3 is 17.9 Å². The van der Waals surface area contributed by atoms with Crippen LogP contribution in [-0.4, -0.2) is 37.2 Å². The zero-order valence-corrected chi connectivity index (χ0v) is 48.5. The molecule has 0 saturated carbocycles. The summed E-state index contributed by atoms with van der Waals surface area (Å²) in [7, 11) is 0. The Morgan fingerprint density at radius 2 is 0.500 bits per heavy atom. The molecule has 0 spiro atoms. The van der Waals surface area contributed by atoms with Gasteiger partial charge < -0.3 is 14.2 Å². The van der Waals surface area contributed by atoms with Gasteiger partial charge in [-0.1, -0.05) is 308 Å². The minimum Gasteiger partial charge on any atom is -0.462 e. The molecule has 0 heterocycles. The second kappa shape index (κ2) is 61.2. The van der Waals surface area contributed by atoms with Gasteiger partial charge in [0.05, 0.1) is 0 Å². The van der Waals surface area contributed by atoms with E-state index in [0.29, 0.717) is 19.3 Å². The Morgan fingerprint density at radius 3 is 0.778 bits per heavy atom. The molecule has 0 radical (unpaired) electrons. The van der Waals surface area contributed by atoms with E-state index in [1.807, 2.05) is 0 Å². The summed E-state index contributed by atoms with van der Waals surface area (Å²) in [6.07, 6.45) is 74.4. The lowest BCUT2D eigenvalue weighted by Crippen LogP contribution is -2.30. The number of carbonyl (C=O) groups is 3. The normalized spacial score (nSPS) is 12.2. The molecule has 6 nitrogen and oxygen atoms in total. The van der Waals surface area contributed by atoms with E-state index in [1.165, 1.54) is 238 Å². The number of allylic oxidation sites excluding steroid dienone is 6. The molecule has 0 aliphatic carbocycles. The van der Waals surface area contributed by atoms with Crippen LogP contribution in [0.15, 0.2) is 36.5 Å². The Balaban J connectivity index is 4.20. The molecule has 0 aliphatic rings. The first kappa shape index (κ1) is 69.6. The van der Waals surface area contributed by atoms with Crippen molar-refractivity contribution < 1.29 is 28.6 Å². The molecule has 72 heavy (non-hydrogen) atoms. The van der Waals surface area contributed by atoms with E-state index >= 15 is 0 Å². The molecule has 0 aromatic rings. The van der Waals surface area contributed by atoms with Crippen molar-refractivity contribution in [1.82, 2.24) is 0 Å². The largest absolute Gasteiger partial charge is 0.462 e. The van der Waals surface area contributed by atoms with Crippen molar-refractivity contribution >= 4 is 17.9 Å². The minimum atomic E-state index is -0.768. The highest BCUT2D eigenvalue weighted by atomic mass is 16.6. The molecule has 422 valence electrons. The standard InChI is InChI=1S/C66H122O6/c1-4-7-10-13-16-19-22-25-27-28-29-30-31-32-33-34-35-36-37-38-40-41-44-47-50-53-56-59-65(68)71-62-63(61-70-64(67)58-55-52-49-46-43-24-21-18-15-12-9-6-3)72-66(69)60-57-54-51-48-45-42-39-26-23-20-17-14-11-8-5-2/h22,25,28-29,31-32,63H,4-21,23-24,26-27,30,33-62H2,1-3H3/b25-22-,29-28-,32-31-. The van der Waals surface area contributed by atoms with Crippen LogP contribution in [0.3, 0.4) is 0 Å². The molecule has 0 amide bonds. The number of rotatable bonds is 59. The number of carbonyl (C=O) groups excluding carboxylic acids is 3. The maximum absolute atomic E-state index is 12.9. The SMILES string of the molecule is CCCCCCC/C=C\C/C=C\C/C=C\CCCCCCCCCCCCCCC(=O)OCC(COC(=O)CCCCCCCCCCCCCC)OC(=O)CCCCCCCCCCCCCCCCC. The molecular weight excluding hydrogens is 889 g/mol. The molecule has 0 aromatic carbocycles. The molecule has 0 rings (SSSR count). The van der Waals surface area contributed by atoms with Crippen molar-refractivity contribution in [2.24, 2.45) is 0 Å². The molecule has 0 aliphatic heterocycles. The zero-order chi connectivity index (χ0) is 52.2. The summed E-state index contributed by atoms with van der Waals surface area (Å²) in [5.74, 6) is -0.845. The summed E-state index contributed by atoms with van der Waals surface area (Å²) in [5.41, 5.74) is 0. The van der Waals surface area contributed by atoms with Gasteiger partial charge in [-0.3, -0.25) is 14.4 Å². The summed E-state index contributed by atoms with van der Waals surface area (Å²) >= 11 is 0. The topological polar surface area (TPSA) is 78.9 Å². The second-order valence-corrected chi connectivity index (χ2v) is 21.7. The monoisotopic (exact) mass is 1010 g/mol. The molecule has 0 fully saturated rings. The number of ether oxygens (including phenoxy) is 3. The number of hydrogen-bond acceptors (Lipinski definition) is 6. The fourth-order valence-electron chi connectivity index (χ4n) is 9.57.